The Morgan fingerprint density at radius 3 is 2.85 bits per heavy atom. The third-order valence-electron chi connectivity index (χ3n) is 4.09. The summed E-state index contributed by atoms with van der Waals surface area (Å²) >= 11 is 0. The van der Waals surface area contributed by atoms with Crippen molar-refractivity contribution in [3.8, 4) is 0 Å². The molecule has 0 aliphatic heterocycles. The van der Waals surface area contributed by atoms with Crippen LogP contribution in [0.5, 0.6) is 0 Å². The van der Waals surface area contributed by atoms with Crippen molar-refractivity contribution in [2.24, 2.45) is 5.92 Å². The fraction of sp³-hybridized carbons (Fsp3) is 0.533. The molecule has 1 aliphatic carbocycles. The van der Waals surface area contributed by atoms with Gasteiger partial charge in [0.15, 0.2) is 5.65 Å². The molecule has 2 heterocycles. The molecular weight excluding hydrogens is 250 g/mol. The highest BCUT2D eigenvalue weighted by Crippen LogP contribution is 2.26. The predicted octanol–water partition coefficient (Wildman–Crippen LogP) is 2.99. The van der Waals surface area contributed by atoms with Gasteiger partial charge < -0.3 is 11.1 Å². The van der Waals surface area contributed by atoms with Gasteiger partial charge in [0.25, 0.3) is 0 Å². The van der Waals surface area contributed by atoms with Gasteiger partial charge in [0.2, 0.25) is 0 Å². The number of aromatic nitrogens is 3. The molecule has 0 radical (unpaired) electrons. The van der Waals surface area contributed by atoms with Gasteiger partial charge in [-0.1, -0.05) is 32.1 Å². The van der Waals surface area contributed by atoms with Crippen LogP contribution in [0.3, 0.4) is 0 Å². The average Bonchev–Trinajstić information content (AvgIpc) is 2.48. The van der Waals surface area contributed by atoms with Crippen LogP contribution in [0.25, 0.3) is 11.0 Å². The van der Waals surface area contributed by atoms with Gasteiger partial charge in [0, 0.05) is 6.54 Å². The molecule has 0 unspecified atom stereocenters. The molecule has 0 atom stereocenters. The van der Waals surface area contributed by atoms with Crippen molar-refractivity contribution in [2.75, 3.05) is 17.6 Å². The molecule has 3 rings (SSSR count). The Morgan fingerprint density at radius 2 is 2.00 bits per heavy atom. The lowest BCUT2D eigenvalue weighted by molar-refractivity contribution is 0.345. The van der Waals surface area contributed by atoms with E-state index in [-0.39, 0.29) is 0 Å². The van der Waals surface area contributed by atoms with Gasteiger partial charge in [0.1, 0.15) is 18.0 Å². The van der Waals surface area contributed by atoms with Crippen molar-refractivity contribution >= 4 is 22.7 Å². The first kappa shape index (κ1) is 13.1. The van der Waals surface area contributed by atoms with Crippen LogP contribution in [0.4, 0.5) is 11.6 Å². The van der Waals surface area contributed by atoms with E-state index in [9.17, 15) is 0 Å². The van der Waals surface area contributed by atoms with Crippen LogP contribution in [0.1, 0.15) is 38.5 Å². The molecule has 5 heteroatoms. The van der Waals surface area contributed by atoms with Gasteiger partial charge in [-0.3, -0.25) is 0 Å². The third kappa shape index (κ3) is 2.98. The molecule has 0 aromatic carbocycles. The highest BCUT2D eigenvalue weighted by atomic mass is 15.0. The maximum absolute atomic E-state index is 5.68. The fourth-order valence-electron chi connectivity index (χ4n) is 2.97. The number of hydrogen-bond acceptors (Lipinski definition) is 5. The van der Waals surface area contributed by atoms with E-state index < -0.39 is 0 Å². The van der Waals surface area contributed by atoms with Crippen molar-refractivity contribution in [3.63, 3.8) is 0 Å². The van der Waals surface area contributed by atoms with E-state index in [4.69, 9.17) is 5.73 Å². The second-order valence-electron chi connectivity index (χ2n) is 5.55. The number of anilines is 2. The number of nitrogens with zero attached hydrogens (tertiary/aromatic N) is 3. The Bertz CT molecular complexity index is 577. The minimum absolute atomic E-state index is 0.490. The molecule has 1 saturated carbocycles. The van der Waals surface area contributed by atoms with Gasteiger partial charge in [-0.25, -0.2) is 15.0 Å². The molecule has 1 aliphatic rings. The summed E-state index contributed by atoms with van der Waals surface area (Å²) in [5.74, 6) is 2.22. The second-order valence-corrected chi connectivity index (χ2v) is 5.55. The summed E-state index contributed by atoms with van der Waals surface area (Å²) in [6.45, 7) is 0.959. The first-order chi connectivity index (χ1) is 9.83. The van der Waals surface area contributed by atoms with E-state index in [1.807, 2.05) is 6.07 Å². The van der Waals surface area contributed by atoms with E-state index in [0.29, 0.717) is 11.5 Å². The monoisotopic (exact) mass is 271 g/mol. The number of pyridine rings is 1. The summed E-state index contributed by atoms with van der Waals surface area (Å²) in [5.41, 5.74) is 6.33. The molecule has 0 bridgehead atoms. The lowest BCUT2D eigenvalue weighted by atomic mass is 9.87. The van der Waals surface area contributed by atoms with Gasteiger partial charge in [-0.05, 0) is 24.5 Å². The Labute approximate surface area is 119 Å². The molecule has 2 aromatic heterocycles. The highest BCUT2D eigenvalue weighted by molar-refractivity contribution is 5.86. The van der Waals surface area contributed by atoms with Crippen molar-refractivity contribution in [1.29, 1.82) is 0 Å². The standard InChI is InChI=1S/C15H21N5/c16-13-7-6-12-14(18-10-19-15(12)20-13)17-9-8-11-4-2-1-3-5-11/h6-7,10-11H,1-5,8-9H2,(H3,16,17,18,19,20). The van der Waals surface area contributed by atoms with E-state index in [0.717, 1.165) is 23.7 Å². The van der Waals surface area contributed by atoms with Gasteiger partial charge in [0.05, 0.1) is 5.39 Å². The average molecular weight is 271 g/mol. The maximum atomic E-state index is 5.68. The zero-order chi connectivity index (χ0) is 13.8. The molecule has 5 nitrogen and oxygen atoms in total. The largest absolute Gasteiger partial charge is 0.384 e. The van der Waals surface area contributed by atoms with E-state index >= 15 is 0 Å². The topological polar surface area (TPSA) is 76.7 Å². The molecular formula is C15H21N5. The summed E-state index contributed by atoms with van der Waals surface area (Å²) in [4.78, 5) is 12.7. The first-order valence-electron chi connectivity index (χ1n) is 7.44. The Kier molecular flexibility index (Phi) is 3.95. The van der Waals surface area contributed by atoms with Crippen LogP contribution in [0.2, 0.25) is 0 Å². The highest BCUT2D eigenvalue weighted by Gasteiger charge is 2.13. The summed E-state index contributed by atoms with van der Waals surface area (Å²) in [5, 5.41) is 4.36. The zero-order valence-electron chi connectivity index (χ0n) is 11.7. The van der Waals surface area contributed by atoms with Crippen LogP contribution >= 0.6 is 0 Å². The molecule has 2 aromatic rings. The normalized spacial score (nSPS) is 16.4. The van der Waals surface area contributed by atoms with E-state index in [1.165, 1.54) is 44.9 Å². The van der Waals surface area contributed by atoms with Crippen molar-refractivity contribution < 1.29 is 0 Å². The zero-order valence-corrected chi connectivity index (χ0v) is 11.7. The smallest absolute Gasteiger partial charge is 0.166 e. The molecule has 3 N–H and O–H groups in total. The van der Waals surface area contributed by atoms with E-state index in [1.54, 1.807) is 6.07 Å². The number of rotatable bonds is 4. The van der Waals surface area contributed by atoms with Crippen molar-refractivity contribution in [2.45, 2.75) is 38.5 Å². The molecule has 0 saturated heterocycles. The first-order valence-corrected chi connectivity index (χ1v) is 7.44. The Balaban J connectivity index is 1.65. The van der Waals surface area contributed by atoms with E-state index in [2.05, 4.69) is 20.3 Å². The third-order valence-corrected chi connectivity index (χ3v) is 4.09. The minimum Gasteiger partial charge on any atom is -0.384 e. The molecule has 1 fully saturated rings. The number of nitrogen functional groups attached to an aromatic ring is 1. The number of hydrogen-bond donors (Lipinski definition) is 2. The molecule has 20 heavy (non-hydrogen) atoms. The van der Waals surface area contributed by atoms with Gasteiger partial charge in [-0.2, -0.15) is 0 Å². The summed E-state index contributed by atoms with van der Waals surface area (Å²) in [6.07, 6.45) is 9.71. The molecule has 106 valence electrons. The second kappa shape index (κ2) is 6.03. The van der Waals surface area contributed by atoms with Crippen LogP contribution in [0, 0.1) is 5.92 Å². The van der Waals surface area contributed by atoms with Gasteiger partial charge in [-0.15, -0.1) is 0 Å². The van der Waals surface area contributed by atoms with Crippen LogP contribution in [0.15, 0.2) is 18.5 Å². The number of nitrogens with two attached hydrogens (primary N) is 1. The van der Waals surface area contributed by atoms with Crippen molar-refractivity contribution in [3.05, 3.63) is 18.5 Å². The summed E-state index contributed by atoms with van der Waals surface area (Å²) in [7, 11) is 0. The number of nitrogens with one attached hydrogen (secondary N) is 1. The quantitative estimate of drug-likeness (QED) is 0.894. The van der Waals surface area contributed by atoms with Crippen LogP contribution in [-0.2, 0) is 0 Å². The molecule has 0 amide bonds. The Morgan fingerprint density at radius 1 is 1.15 bits per heavy atom. The van der Waals surface area contributed by atoms with Crippen LogP contribution in [-0.4, -0.2) is 21.5 Å². The summed E-state index contributed by atoms with van der Waals surface area (Å²) in [6, 6.07) is 3.72. The minimum atomic E-state index is 0.490. The fourth-order valence-corrected chi connectivity index (χ4v) is 2.97. The maximum Gasteiger partial charge on any atom is 0.166 e. The SMILES string of the molecule is Nc1ccc2c(NCCC3CCCCC3)ncnc2n1. The van der Waals surface area contributed by atoms with Gasteiger partial charge >= 0.3 is 0 Å². The number of fused-ring (bicyclic) bond motifs is 1. The predicted molar refractivity (Wildman–Crippen MR) is 81.4 cm³/mol. The lowest BCUT2D eigenvalue weighted by Crippen LogP contribution is -2.13. The Hall–Kier alpha value is -1.91. The van der Waals surface area contributed by atoms with Crippen LogP contribution < -0.4 is 11.1 Å². The van der Waals surface area contributed by atoms with Crippen molar-refractivity contribution in [1.82, 2.24) is 15.0 Å². The molecule has 0 spiro atoms. The lowest BCUT2D eigenvalue weighted by Gasteiger charge is -2.21. The summed E-state index contributed by atoms with van der Waals surface area (Å²) < 4.78 is 0.